The van der Waals surface area contributed by atoms with Crippen LogP contribution in [0.15, 0.2) is 18.5 Å². The Balaban J connectivity index is 2.82. The van der Waals surface area contributed by atoms with Gasteiger partial charge in [0.05, 0.1) is 24.5 Å². The fourth-order valence-corrected chi connectivity index (χ4v) is 1.61. The summed E-state index contributed by atoms with van der Waals surface area (Å²) >= 11 is 5.85. The molecule has 0 unspecified atom stereocenters. The first kappa shape index (κ1) is 16.5. The lowest BCUT2D eigenvalue weighted by atomic mass is 10.1. The highest BCUT2D eigenvalue weighted by Gasteiger charge is 2.14. The van der Waals surface area contributed by atoms with Gasteiger partial charge >= 0.3 is 5.97 Å². The molecule has 0 atom stereocenters. The van der Waals surface area contributed by atoms with E-state index in [0.717, 1.165) is 12.8 Å². The lowest BCUT2D eigenvalue weighted by Crippen LogP contribution is -2.13. The zero-order chi connectivity index (χ0) is 15.0. The van der Waals surface area contributed by atoms with Crippen molar-refractivity contribution in [2.24, 2.45) is 0 Å². The van der Waals surface area contributed by atoms with E-state index in [4.69, 9.17) is 21.1 Å². The van der Waals surface area contributed by atoms with Crippen molar-refractivity contribution in [3.8, 4) is 0 Å². The van der Waals surface area contributed by atoms with Crippen LogP contribution in [0.5, 0.6) is 0 Å². The first-order chi connectivity index (χ1) is 9.54. The molecule has 0 aliphatic carbocycles. The Hall–Kier alpha value is -1.55. The highest BCUT2D eigenvalue weighted by Crippen LogP contribution is 2.16. The summed E-state index contributed by atoms with van der Waals surface area (Å²) < 4.78 is 10.5. The molecule has 1 heterocycles. The van der Waals surface area contributed by atoms with E-state index in [1.54, 1.807) is 32.3 Å². The summed E-state index contributed by atoms with van der Waals surface area (Å²) in [5.41, 5.74) is 1.01. The van der Waals surface area contributed by atoms with E-state index < -0.39 is 5.97 Å². The lowest BCUT2D eigenvalue weighted by molar-refractivity contribution is 0.0377. The van der Waals surface area contributed by atoms with E-state index in [1.165, 1.54) is 6.20 Å². The number of pyridine rings is 1. The summed E-state index contributed by atoms with van der Waals surface area (Å²) in [6.07, 6.45) is 6.55. The molecule has 0 bridgehead atoms. The number of esters is 1. The van der Waals surface area contributed by atoms with Gasteiger partial charge in [0.15, 0.2) is 0 Å². The fraction of sp³-hybridized carbons (Fsp3) is 0.467. The van der Waals surface area contributed by atoms with Gasteiger partial charge in [0.1, 0.15) is 5.15 Å². The van der Waals surface area contributed by atoms with E-state index >= 15 is 0 Å². The second-order valence-corrected chi connectivity index (χ2v) is 4.96. The number of nitrogens with zero attached hydrogens (tertiary/aromatic N) is 1. The second kappa shape index (κ2) is 8.59. The minimum Gasteiger partial charge on any atom is -0.501 e. The SMILES string of the molecule is CCCCO/C=C/c1cc(Cl)ncc1C(=O)OC(C)C. The maximum atomic E-state index is 11.9. The molecule has 0 aliphatic heterocycles. The van der Waals surface area contributed by atoms with Crippen molar-refractivity contribution in [3.63, 3.8) is 0 Å². The molecule has 110 valence electrons. The van der Waals surface area contributed by atoms with Crippen LogP contribution in [-0.2, 0) is 9.47 Å². The molecule has 0 saturated heterocycles. The van der Waals surface area contributed by atoms with E-state index in [-0.39, 0.29) is 6.10 Å². The van der Waals surface area contributed by atoms with Crippen LogP contribution >= 0.6 is 11.6 Å². The minimum atomic E-state index is -0.419. The Morgan fingerprint density at radius 2 is 2.25 bits per heavy atom. The van der Waals surface area contributed by atoms with Crippen LogP contribution in [0.1, 0.15) is 49.5 Å². The van der Waals surface area contributed by atoms with Gasteiger partial charge in [-0.25, -0.2) is 9.78 Å². The summed E-state index contributed by atoms with van der Waals surface area (Å²) in [4.78, 5) is 15.9. The molecular formula is C15H20ClNO3. The Kier molecular flexibility index (Phi) is 7.09. The van der Waals surface area contributed by atoms with Crippen molar-refractivity contribution < 1.29 is 14.3 Å². The number of hydrogen-bond acceptors (Lipinski definition) is 4. The van der Waals surface area contributed by atoms with Crippen LogP contribution < -0.4 is 0 Å². The third-order valence-corrected chi connectivity index (χ3v) is 2.63. The highest BCUT2D eigenvalue weighted by molar-refractivity contribution is 6.29. The first-order valence-corrected chi connectivity index (χ1v) is 7.07. The van der Waals surface area contributed by atoms with Crippen molar-refractivity contribution in [2.75, 3.05) is 6.61 Å². The molecule has 0 spiro atoms. The van der Waals surface area contributed by atoms with Crippen molar-refractivity contribution in [1.29, 1.82) is 0 Å². The predicted molar refractivity (Wildman–Crippen MR) is 79.7 cm³/mol. The van der Waals surface area contributed by atoms with Crippen LogP contribution in [0.2, 0.25) is 5.15 Å². The quantitative estimate of drug-likeness (QED) is 0.329. The molecule has 0 radical (unpaired) electrons. The number of aromatic nitrogens is 1. The second-order valence-electron chi connectivity index (χ2n) is 4.58. The zero-order valence-electron chi connectivity index (χ0n) is 12.1. The van der Waals surface area contributed by atoms with Crippen LogP contribution in [0.3, 0.4) is 0 Å². The molecule has 0 aliphatic rings. The van der Waals surface area contributed by atoms with Gasteiger partial charge < -0.3 is 9.47 Å². The zero-order valence-corrected chi connectivity index (χ0v) is 12.8. The van der Waals surface area contributed by atoms with Gasteiger partial charge in [0.25, 0.3) is 0 Å². The molecule has 1 aromatic rings. The summed E-state index contributed by atoms with van der Waals surface area (Å²) in [6.45, 7) is 6.34. The topological polar surface area (TPSA) is 48.4 Å². The van der Waals surface area contributed by atoms with Crippen molar-refractivity contribution in [2.45, 2.75) is 39.7 Å². The van der Waals surface area contributed by atoms with Crippen LogP contribution in [0, 0.1) is 0 Å². The van der Waals surface area contributed by atoms with Gasteiger partial charge in [-0.3, -0.25) is 0 Å². The van der Waals surface area contributed by atoms with E-state index in [2.05, 4.69) is 11.9 Å². The maximum absolute atomic E-state index is 11.9. The highest BCUT2D eigenvalue weighted by atomic mass is 35.5. The van der Waals surface area contributed by atoms with E-state index in [0.29, 0.717) is 22.9 Å². The molecule has 1 rings (SSSR count). The third-order valence-electron chi connectivity index (χ3n) is 2.42. The number of ether oxygens (including phenoxy) is 2. The van der Waals surface area contributed by atoms with Gasteiger partial charge in [-0.2, -0.15) is 0 Å². The van der Waals surface area contributed by atoms with Crippen LogP contribution in [0.4, 0.5) is 0 Å². The van der Waals surface area contributed by atoms with Crippen molar-refractivity contribution in [3.05, 3.63) is 34.8 Å². The van der Waals surface area contributed by atoms with Gasteiger partial charge in [0, 0.05) is 6.20 Å². The summed E-state index contributed by atoms with van der Waals surface area (Å²) in [5.74, 6) is -0.419. The van der Waals surface area contributed by atoms with E-state index in [1.807, 2.05) is 0 Å². The smallest absolute Gasteiger partial charge is 0.340 e. The molecule has 0 saturated carbocycles. The standard InChI is InChI=1S/C15H20ClNO3/c1-4-5-7-19-8-6-12-9-14(16)17-10-13(12)15(18)20-11(2)3/h6,8-11H,4-5,7H2,1-3H3/b8-6+. The maximum Gasteiger partial charge on any atom is 0.340 e. The van der Waals surface area contributed by atoms with Crippen molar-refractivity contribution >= 4 is 23.6 Å². The first-order valence-electron chi connectivity index (χ1n) is 6.69. The predicted octanol–water partition coefficient (Wildman–Crippen LogP) is 4.09. The Labute approximate surface area is 124 Å². The number of carbonyl (C=O) groups excluding carboxylic acids is 1. The molecule has 5 heteroatoms. The lowest BCUT2D eigenvalue weighted by Gasteiger charge is -2.09. The molecule has 1 aromatic heterocycles. The number of rotatable bonds is 7. The Morgan fingerprint density at radius 3 is 2.90 bits per heavy atom. The Morgan fingerprint density at radius 1 is 1.50 bits per heavy atom. The minimum absolute atomic E-state index is 0.184. The summed E-state index contributed by atoms with van der Waals surface area (Å²) in [6, 6.07) is 1.61. The van der Waals surface area contributed by atoms with Gasteiger partial charge in [0.2, 0.25) is 0 Å². The normalized spacial score (nSPS) is 11.1. The number of hydrogen-bond donors (Lipinski definition) is 0. The van der Waals surface area contributed by atoms with Gasteiger partial charge in [-0.15, -0.1) is 0 Å². The van der Waals surface area contributed by atoms with E-state index in [9.17, 15) is 4.79 Å². The van der Waals surface area contributed by atoms with Gasteiger partial charge in [-0.1, -0.05) is 24.9 Å². The Bertz CT molecular complexity index is 472. The summed E-state index contributed by atoms with van der Waals surface area (Å²) in [5, 5.41) is 0.319. The van der Waals surface area contributed by atoms with Gasteiger partial charge in [-0.05, 0) is 38.0 Å². The number of halogens is 1. The average Bonchev–Trinajstić information content (AvgIpc) is 2.37. The van der Waals surface area contributed by atoms with Crippen LogP contribution in [0.25, 0.3) is 6.08 Å². The molecule has 0 fully saturated rings. The molecular weight excluding hydrogens is 278 g/mol. The molecule has 0 N–H and O–H groups in total. The number of carbonyl (C=O) groups is 1. The molecule has 4 nitrogen and oxygen atoms in total. The monoisotopic (exact) mass is 297 g/mol. The number of unbranched alkanes of at least 4 members (excludes halogenated alkanes) is 1. The van der Waals surface area contributed by atoms with Crippen LogP contribution in [-0.4, -0.2) is 23.7 Å². The fourth-order valence-electron chi connectivity index (χ4n) is 1.45. The third kappa shape index (κ3) is 5.61. The molecule has 0 amide bonds. The summed E-state index contributed by atoms with van der Waals surface area (Å²) in [7, 11) is 0. The molecule has 0 aromatic carbocycles. The molecule has 20 heavy (non-hydrogen) atoms. The largest absolute Gasteiger partial charge is 0.501 e. The van der Waals surface area contributed by atoms with Crippen molar-refractivity contribution in [1.82, 2.24) is 4.98 Å². The average molecular weight is 298 g/mol.